The molecule has 1 fully saturated rings. The lowest BCUT2D eigenvalue weighted by atomic mass is 10.1. The van der Waals surface area contributed by atoms with Crippen LogP contribution >= 0.6 is 0 Å². The van der Waals surface area contributed by atoms with Crippen LogP contribution in [-0.4, -0.2) is 55.0 Å². The standard InChI is InChI=1S/C22H30N2O3/c1-16-6-7-20(14-17(16)2)26-13-5-8-23-9-11-24(12-10-23)22(25)21-15-18(3)27-19(21)4/h6-7,14-15H,5,8-13H2,1-4H3. The minimum absolute atomic E-state index is 0.0853. The summed E-state index contributed by atoms with van der Waals surface area (Å²) in [5.74, 6) is 2.53. The predicted octanol–water partition coefficient (Wildman–Crippen LogP) is 3.74. The van der Waals surface area contributed by atoms with Gasteiger partial charge < -0.3 is 14.1 Å². The first-order chi connectivity index (χ1) is 12.9. The molecule has 1 saturated heterocycles. The third-order valence-corrected chi connectivity index (χ3v) is 5.30. The Kier molecular flexibility index (Phi) is 6.22. The third kappa shape index (κ3) is 4.92. The highest BCUT2D eigenvalue weighted by atomic mass is 16.5. The van der Waals surface area contributed by atoms with Crippen LogP contribution < -0.4 is 4.74 Å². The first-order valence-corrected chi connectivity index (χ1v) is 9.73. The van der Waals surface area contributed by atoms with E-state index in [0.717, 1.165) is 57.3 Å². The van der Waals surface area contributed by atoms with Gasteiger partial charge in [-0.1, -0.05) is 6.07 Å². The summed E-state index contributed by atoms with van der Waals surface area (Å²) in [4.78, 5) is 17.0. The molecule has 5 heteroatoms. The fourth-order valence-corrected chi connectivity index (χ4v) is 3.47. The molecule has 0 bridgehead atoms. The molecule has 3 rings (SSSR count). The molecule has 146 valence electrons. The predicted molar refractivity (Wildman–Crippen MR) is 107 cm³/mol. The van der Waals surface area contributed by atoms with Crippen molar-refractivity contribution in [1.29, 1.82) is 0 Å². The van der Waals surface area contributed by atoms with Crippen LogP contribution in [0.4, 0.5) is 0 Å². The van der Waals surface area contributed by atoms with Crippen molar-refractivity contribution in [3.63, 3.8) is 0 Å². The summed E-state index contributed by atoms with van der Waals surface area (Å²) < 4.78 is 11.4. The normalized spacial score (nSPS) is 15.2. The summed E-state index contributed by atoms with van der Waals surface area (Å²) in [7, 11) is 0. The number of ether oxygens (including phenoxy) is 1. The number of aryl methyl sites for hydroxylation is 4. The van der Waals surface area contributed by atoms with E-state index in [2.05, 4.69) is 30.9 Å². The number of benzene rings is 1. The lowest BCUT2D eigenvalue weighted by Crippen LogP contribution is -2.49. The van der Waals surface area contributed by atoms with Crippen LogP contribution in [0.5, 0.6) is 5.75 Å². The number of amides is 1. The van der Waals surface area contributed by atoms with Crippen molar-refractivity contribution in [3.8, 4) is 5.75 Å². The first-order valence-electron chi connectivity index (χ1n) is 9.73. The van der Waals surface area contributed by atoms with E-state index < -0.39 is 0 Å². The summed E-state index contributed by atoms with van der Waals surface area (Å²) in [6.07, 6.45) is 0.987. The fraction of sp³-hybridized carbons (Fsp3) is 0.500. The Morgan fingerprint density at radius 2 is 1.78 bits per heavy atom. The van der Waals surface area contributed by atoms with Crippen molar-refractivity contribution in [2.45, 2.75) is 34.1 Å². The second-order valence-electron chi connectivity index (χ2n) is 7.41. The summed E-state index contributed by atoms with van der Waals surface area (Å²) in [6.45, 7) is 13.0. The summed E-state index contributed by atoms with van der Waals surface area (Å²) in [5.41, 5.74) is 3.25. The van der Waals surface area contributed by atoms with Crippen LogP contribution in [-0.2, 0) is 0 Å². The maximum absolute atomic E-state index is 12.6. The van der Waals surface area contributed by atoms with Gasteiger partial charge in [-0.15, -0.1) is 0 Å². The number of hydrogen-bond acceptors (Lipinski definition) is 4. The number of piperazine rings is 1. The number of furan rings is 1. The quantitative estimate of drug-likeness (QED) is 0.727. The molecule has 1 aliphatic rings. The summed E-state index contributed by atoms with van der Waals surface area (Å²) >= 11 is 0. The van der Waals surface area contributed by atoms with Gasteiger partial charge in [-0.2, -0.15) is 0 Å². The minimum Gasteiger partial charge on any atom is -0.494 e. The van der Waals surface area contributed by atoms with E-state index >= 15 is 0 Å². The molecule has 1 aliphatic heterocycles. The molecule has 0 radical (unpaired) electrons. The lowest BCUT2D eigenvalue weighted by Gasteiger charge is -2.34. The van der Waals surface area contributed by atoms with E-state index in [9.17, 15) is 4.79 Å². The molecule has 0 N–H and O–H groups in total. The number of hydrogen-bond donors (Lipinski definition) is 0. The molecular weight excluding hydrogens is 340 g/mol. The average Bonchev–Trinajstić information content (AvgIpc) is 3.00. The number of carbonyl (C=O) groups is 1. The van der Waals surface area contributed by atoms with Gasteiger partial charge in [0.25, 0.3) is 5.91 Å². The molecule has 2 heterocycles. The molecule has 1 aromatic carbocycles. The van der Waals surface area contributed by atoms with E-state index in [1.807, 2.05) is 30.9 Å². The van der Waals surface area contributed by atoms with Crippen molar-refractivity contribution >= 4 is 5.91 Å². The van der Waals surface area contributed by atoms with Gasteiger partial charge in [0.15, 0.2) is 0 Å². The van der Waals surface area contributed by atoms with Crippen molar-refractivity contribution in [2.75, 3.05) is 39.3 Å². The highest BCUT2D eigenvalue weighted by Crippen LogP contribution is 2.18. The van der Waals surface area contributed by atoms with Crippen LogP contribution in [0.1, 0.15) is 39.4 Å². The van der Waals surface area contributed by atoms with Gasteiger partial charge in [-0.05, 0) is 63.4 Å². The van der Waals surface area contributed by atoms with Gasteiger partial charge in [0.05, 0.1) is 12.2 Å². The molecule has 1 amide bonds. The molecule has 27 heavy (non-hydrogen) atoms. The number of carbonyl (C=O) groups excluding carboxylic acids is 1. The highest BCUT2D eigenvalue weighted by Gasteiger charge is 2.24. The zero-order chi connectivity index (χ0) is 19.4. The average molecular weight is 370 g/mol. The molecule has 0 saturated carbocycles. The van der Waals surface area contributed by atoms with Crippen LogP contribution in [0.25, 0.3) is 0 Å². The molecule has 5 nitrogen and oxygen atoms in total. The number of nitrogens with zero attached hydrogens (tertiary/aromatic N) is 2. The lowest BCUT2D eigenvalue weighted by molar-refractivity contribution is 0.0629. The minimum atomic E-state index is 0.0853. The molecule has 0 unspecified atom stereocenters. The Bertz CT molecular complexity index is 789. The van der Waals surface area contributed by atoms with Crippen LogP contribution in [0.3, 0.4) is 0 Å². The second-order valence-corrected chi connectivity index (χ2v) is 7.41. The summed E-state index contributed by atoms with van der Waals surface area (Å²) in [5, 5.41) is 0. The van der Waals surface area contributed by atoms with Crippen molar-refractivity contribution in [3.05, 3.63) is 52.5 Å². The van der Waals surface area contributed by atoms with Crippen LogP contribution in [0.15, 0.2) is 28.7 Å². The maximum Gasteiger partial charge on any atom is 0.257 e. The van der Waals surface area contributed by atoms with E-state index in [0.29, 0.717) is 11.3 Å². The first kappa shape index (κ1) is 19.5. The Morgan fingerprint density at radius 1 is 1.04 bits per heavy atom. The second kappa shape index (κ2) is 8.61. The van der Waals surface area contributed by atoms with Crippen molar-refractivity contribution in [1.82, 2.24) is 9.80 Å². The smallest absolute Gasteiger partial charge is 0.257 e. The number of rotatable bonds is 6. The van der Waals surface area contributed by atoms with Crippen LogP contribution in [0, 0.1) is 27.7 Å². The SMILES string of the molecule is Cc1cc(C(=O)N2CCN(CCCOc3ccc(C)c(C)c3)CC2)c(C)o1. The molecular formula is C22H30N2O3. The van der Waals surface area contributed by atoms with E-state index in [-0.39, 0.29) is 5.91 Å². The van der Waals surface area contributed by atoms with Gasteiger partial charge in [-0.25, -0.2) is 0 Å². The van der Waals surface area contributed by atoms with Gasteiger partial charge in [0.1, 0.15) is 17.3 Å². The monoisotopic (exact) mass is 370 g/mol. The Morgan fingerprint density at radius 3 is 2.41 bits per heavy atom. The molecule has 0 aliphatic carbocycles. The van der Waals surface area contributed by atoms with Gasteiger partial charge >= 0.3 is 0 Å². The van der Waals surface area contributed by atoms with E-state index in [1.165, 1.54) is 11.1 Å². The fourth-order valence-electron chi connectivity index (χ4n) is 3.47. The molecule has 0 atom stereocenters. The summed E-state index contributed by atoms with van der Waals surface area (Å²) in [6, 6.07) is 8.07. The Balaban J connectivity index is 1.38. The largest absolute Gasteiger partial charge is 0.494 e. The van der Waals surface area contributed by atoms with Crippen molar-refractivity contribution in [2.24, 2.45) is 0 Å². The van der Waals surface area contributed by atoms with Gasteiger partial charge in [0.2, 0.25) is 0 Å². The van der Waals surface area contributed by atoms with Gasteiger partial charge in [0, 0.05) is 32.7 Å². The zero-order valence-corrected chi connectivity index (χ0v) is 16.9. The third-order valence-electron chi connectivity index (χ3n) is 5.30. The Labute approximate surface area is 161 Å². The van der Waals surface area contributed by atoms with Gasteiger partial charge in [-0.3, -0.25) is 9.69 Å². The van der Waals surface area contributed by atoms with E-state index in [4.69, 9.17) is 9.15 Å². The topological polar surface area (TPSA) is 45.9 Å². The van der Waals surface area contributed by atoms with E-state index in [1.54, 1.807) is 0 Å². The molecule has 2 aromatic rings. The van der Waals surface area contributed by atoms with Crippen molar-refractivity contribution < 1.29 is 13.9 Å². The van der Waals surface area contributed by atoms with Crippen LogP contribution in [0.2, 0.25) is 0 Å². The maximum atomic E-state index is 12.6. The Hall–Kier alpha value is -2.27. The molecule has 1 aromatic heterocycles. The molecule has 0 spiro atoms. The zero-order valence-electron chi connectivity index (χ0n) is 16.9. The highest BCUT2D eigenvalue weighted by molar-refractivity contribution is 5.95.